The van der Waals surface area contributed by atoms with Gasteiger partial charge in [0.25, 0.3) is 12.3 Å². The van der Waals surface area contributed by atoms with Gasteiger partial charge in [0.2, 0.25) is 0 Å². The monoisotopic (exact) mass is 313 g/mol. The van der Waals surface area contributed by atoms with Gasteiger partial charge in [-0.3, -0.25) is 4.79 Å². The summed E-state index contributed by atoms with van der Waals surface area (Å²) in [5.74, 6) is -0.450. The first-order chi connectivity index (χ1) is 8.90. The molecule has 1 atom stereocenters. The normalized spacial score (nSPS) is 12.3. The number of carbonyl (C=O) groups excluding carboxylic acids is 1. The van der Waals surface area contributed by atoms with Gasteiger partial charge in [0.05, 0.1) is 5.02 Å². The lowest BCUT2D eigenvalue weighted by Gasteiger charge is -2.12. The Morgan fingerprint density at radius 1 is 1.42 bits per heavy atom. The molecule has 0 bridgehead atoms. The van der Waals surface area contributed by atoms with E-state index in [2.05, 4.69) is 5.32 Å². The van der Waals surface area contributed by atoms with Crippen LogP contribution in [0.5, 0.6) is 5.75 Å². The zero-order valence-corrected chi connectivity index (χ0v) is 11.1. The minimum absolute atomic E-state index is 0.207. The van der Waals surface area contributed by atoms with Crippen LogP contribution in [-0.2, 0) is 4.79 Å². The Kier molecular flexibility index (Phi) is 6.27. The van der Waals surface area contributed by atoms with Crippen molar-refractivity contribution in [3.63, 3.8) is 0 Å². The number of hydrogen-bond donors (Lipinski definition) is 2. The second-order valence-electron chi connectivity index (χ2n) is 3.57. The lowest BCUT2D eigenvalue weighted by molar-refractivity contribution is -0.124. The molecule has 0 aromatic heterocycles. The van der Waals surface area contributed by atoms with Crippen LogP contribution in [-0.4, -0.2) is 36.7 Å². The van der Waals surface area contributed by atoms with E-state index in [1.54, 1.807) is 6.07 Å². The molecule has 19 heavy (non-hydrogen) atoms. The minimum atomic E-state index is -2.91. The molecular weight excluding hydrogens is 303 g/mol. The van der Waals surface area contributed by atoms with E-state index in [1.165, 1.54) is 12.1 Å². The molecule has 0 aliphatic rings. The molecule has 2 N–H and O–H groups in total. The highest BCUT2D eigenvalue weighted by Crippen LogP contribution is 2.27. The van der Waals surface area contributed by atoms with E-state index in [1.807, 2.05) is 0 Å². The third-order valence-corrected chi connectivity index (χ3v) is 2.60. The van der Waals surface area contributed by atoms with Crippen LogP contribution in [0.4, 0.5) is 8.78 Å². The highest BCUT2D eigenvalue weighted by atomic mass is 35.5. The zero-order chi connectivity index (χ0) is 14.4. The van der Waals surface area contributed by atoms with Gasteiger partial charge in [0, 0.05) is 17.6 Å². The highest BCUT2D eigenvalue weighted by Gasteiger charge is 2.17. The van der Waals surface area contributed by atoms with Crippen LogP contribution in [0.25, 0.3) is 0 Å². The Hall–Kier alpha value is -1.11. The summed E-state index contributed by atoms with van der Waals surface area (Å²) in [6.07, 6.45) is -4.82. The first-order valence-electron chi connectivity index (χ1n) is 5.21. The van der Waals surface area contributed by atoms with Crippen molar-refractivity contribution >= 4 is 29.1 Å². The van der Waals surface area contributed by atoms with Crippen LogP contribution in [0.2, 0.25) is 10.0 Å². The molecule has 0 spiro atoms. The van der Waals surface area contributed by atoms with Crippen molar-refractivity contribution in [3.8, 4) is 5.75 Å². The molecule has 8 heteroatoms. The van der Waals surface area contributed by atoms with Gasteiger partial charge in [0.1, 0.15) is 11.9 Å². The fourth-order valence-electron chi connectivity index (χ4n) is 1.09. The number of halogens is 4. The Morgan fingerprint density at radius 3 is 2.74 bits per heavy atom. The number of aliphatic hydroxyl groups is 1. The number of amides is 1. The molecule has 1 unspecified atom stereocenters. The summed E-state index contributed by atoms with van der Waals surface area (Å²) < 4.78 is 29.0. The van der Waals surface area contributed by atoms with Gasteiger partial charge >= 0.3 is 0 Å². The van der Waals surface area contributed by atoms with Gasteiger partial charge < -0.3 is 15.2 Å². The third-order valence-electron chi connectivity index (χ3n) is 2.05. The molecule has 0 aliphatic carbocycles. The van der Waals surface area contributed by atoms with E-state index in [0.29, 0.717) is 5.02 Å². The van der Waals surface area contributed by atoms with Crippen LogP contribution >= 0.6 is 23.2 Å². The van der Waals surface area contributed by atoms with Crippen LogP contribution in [0.3, 0.4) is 0 Å². The summed E-state index contributed by atoms with van der Waals surface area (Å²) in [7, 11) is 0. The van der Waals surface area contributed by atoms with Crippen molar-refractivity contribution in [1.82, 2.24) is 5.32 Å². The van der Waals surface area contributed by atoms with Crippen molar-refractivity contribution in [2.45, 2.75) is 12.5 Å². The van der Waals surface area contributed by atoms with Gasteiger partial charge in [-0.1, -0.05) is 23.2 Å². The number of hydrogen-bond acceptors (Lipinski definition) is 3. The molecule has 0 saturated carbocycles. The maximum Gasteiger partial charge on any atom is 0.265 e. The lowest BCUT2D eigenvalue weighted by atomic mass is 10.3. The van der Waals surface area contributed by atoms with E-state index in [4.69, 9.17) is 33.0 Å². The highest BCUT2D eigenvalue weighted by molar-refractivity contribution is 6.34. The van der Waals surface area contributed by atoms with Gasteiger partial charge in [-0.2, -0.15) is 0 Å². The van der Waals surface area contributed by atoms with Crippen molar-refractivity contribution in [2.75, 3.05) is 13.2 Å². The summed E-state index contributed by atoms with van der Waals surface area (Å²) in [6.45, 7) is -0.973. The molecular formula is C11H11Cl2F2NO3. The molecule has 0 heterocycles. The molecule has 1 amide bonds. The molecule has 1 rings (SSSR count). The van der Waals surface area contributed by atoms with E-state index in [0.717, 1.165) is 0 Å². The number of alkyl halides is 2. The third kappa shape index (κ3) is 5.59. The molecule has 1 aromatic rings. The maximum absolute atomic E-state index is 12.0. The van der Waals surface area contributed by atoms with Crippen molar-refractivity contribution < 1.29 is 23.4 Å². The molecule has 0 aliphatic heterocycles. The summed E-state index contributed by atoms with van der Waals surface area (Å²) >= 11 is 11.5. The fourth-order valence-corrected chi connectivity index (χ4v) is 1.42. The second kappa shape index (κ2) is 7.47. The lowest BCUT2D eigenvalue weighted by Crippen LogP contribution is -2.38. The van der Waals surface area contributed by atoms with Crippen LogP contribution < -0.4 is 10.1 Å². The van der Waals surface area contributed by atoms with Gasteiger partial charge in [-0.15, -0.1) is 0 Å². The molecule has 0 saturated heterocycles. The van der Waals surface area contributed by atoms with Crippen molar-refractivity contribution in [1.29, 1.82) is 0 Å². The maximum atomic E-state index is 12.0. The summed E-state index contributed by atoms with van der Waals surface area (Å²) in [6, 6.07) is 4.47. The second-order valence-corrected chi connectivity index (χ2v) is 4.41. The molecule has 0 fully saturated rings. The Labute approximate surface area is 118 Å². The average molecular weight is 314 g/mol. The molecule has 106 valence electrons. The summed E-state index contributed by atoms with van der Waals surface area (Å²) in [4.78, 5) is 11.3. The smallest absolute Gasteiger partial charge is 0.265 e. The number of ether oxygens (including phenoxy) is 1. The predicted octanol–water partition coefficient (Wildman–Crippen LogP) is 2.11. The van der Waals surface area contributed by atoms with Gasteiger partial charge in [-0.05, 0) is 12.1 Å². The number of carbonyl (C=O) groups is 1. The number of nitrogens with one attached hydrogen (secondary N) is 1. The Bertz CT molecular complexity index is 446. The SMILES string of the molecule is O=C(COc1cc(Cl)ccc1Cl)NCC(O)C(F)F. The minimum Gasteiger partial charge on any atom is -0.482 e. The zero-order valence-electron chi connectivity index (χ0n) is 9.58. The predicted molar refractivity (Wildman–Crippen MR) is 67.0 cm³/mol. The Morgan fingerprint density at radius 2 is 2.11 bits per heavy atom. The number of benzene rings is 1. The van der Waals surface area contributed by atoms with Gasteiger partial charge in [0.15, 0.2) is 6.61 Å². The Balaban J connectivity index is 2.40. The largest absolute Gasteiger partial charge is 0.482 e. The average Bonchev–Trinajstić information content (AvgIpc) is 2.36. The topological polar surface area (TPSA) is 58.6 Å². The molecule has 1 aromatic carbocycles. The summed E-state index contributed by atoms with van der Waals surface area (Å²) in [5, 5.41) is 11.5. The van der Waals surface area contributed by atoms with Crippen LogP contribution in [0, 0.1) is 0 Å². The fraction of sp³-hybridized carbons (Fsp3) is 0.364. The number of aliphatic hydroxyl groups excluding tert-OH is 1. The van der Waals surface area contributed by atoms with E-state index in [-0.39, 0.29) is 10.8 Å². The molecule has 0 radical (unpaired) electrons. The van der Waals surface area contributed by atoms with E-state index < -0.39 is 31.6 Å². The van der Waals surface area contributed by atoms with Crippen molar-refractivity contribution in [3.05, 3.63) is 28.2 Å². The van der Waals surface area contributed by atoms with E-state index in [9.17, 15) is 13.6 Å². The first kappa shape index (κ1) is 15.9. The quantitative estimate of drug-likeness (QED) is 0.845. The first-order valence-corrected chi connectivity index (χ1v) is 5.96. The standard InChI is InChI=1S/C11H11Cl2F2NO3/c12-6-1-2-7(13)9(3-6)19-5-10(18)16-4-8(17)11(14)15/h1-3,8,11,17H,4-5H2,(H,16,18). The summed E-state index contributed by atoms with van der Waals surface area (Å²) in [5.41, 5.74) is 0. The van der Waals surface area contributed by atoms with Gasteiger partial charge in [-0.25, -0.2) is 8.78 Å². The van der Waals surface area contributed by atoms with Crippen LogP contribution in [0.15, 0.2) is 18.2 Å². The molecule has 4 nitrogen and oxygen atoms in total. The van der Waals surface area contributed by atoms with E-state index >= 15 is 0 Å². The number of rotatable bonds is 6. The van der Waals surface area contributed by atoms with Crippen LogP contribution in [0.1, 0.15) is 0 Å². The van der Waals surface area contributed by atoms with Crippen molar-refractivity contribution in [2.24, 2.45) is 0 Å².